The van der Waals surface area contributed by atoms with E-state index in [9.17, 15) is 13.2 Å². The first-order valence-corrected chi connectivity index (χ1v) is 12.0. The van der Waals surface area contributed by atoms with Gasteiger partial charge >= 0.3 is 0 Å². The summed E-state index contributed by atoms with van der Waals surface area (Å²) in [5, 5.41) is 3.75. The molecule has 0 atom stereocenters. The summed E-state index contributed by atoms with van der Waals surface area (Å²) in [6.45, 7) is 2.40. The number of halogens is 1. The van der Waals surface area contributed by atoms with E-state index in [-0.39, 0.29) is 11.7 Å². The van der Waals surface area contributed by atoms with Gasteiger partial charge < -0.3 is 5.32 Å². The molecule has 0 aromatic heterocycles. The van der Waals surface area contributed by atoms with Crippen LogP contribution >= 0.6 is 11.6 Å². The number of carbonyl (C=O) groups is 1. The Balaban J connectivity index is 1.65. The third kappa shape index (κ3) is 3.76. The molecule has 5 nitrogen and oxygen atoms in total. The fourth-order valence-electron chi connectivity index (χ4n) is 4.47. The molecule has 1 saturated carbocycles. The van der Waals surface area contributed by atoms with Crippen molar-refractivity contribution in [2.45, 2.75) is 44.4 Å². The highest BCUT2D eigenvalue weighted by molar-refractivity contribution is 7.93. The summed E-state index contributed by atoms with van der Waals surface area (Å²) in [7, 11) is -3.26. The molecule has 1 aliphatic carbocycles. The van der Waals surface area contributed by atoms with E-state index in [1.54, 1.807) is 12.1 Å². The molecule has 154 valence electrons. The van der Waals surface area contributed by atoms with Crippen molar-refractivity contribution in [1.29, 1.82) is 0 Å². The smallest absolute Gasteiger partial charge is 0.235 e. The molecule has 7 heteroatoms. The Morgan fingerprint density at radius 3 is 2.38 bits per heavy atom. The number of benzene rings is 2. The molecular weight excluding hydrogens is 408 g/mol. The van der Waals surface area contributed by atoms with Crippen LogP contribution in [0.25, 0.3) is 0 Å². The van der Waals surface area contributed by atoms with Crippen LogP contribution in [0.5, 0.6) is 0 Å². The van der Waals surface area contributed by atoms with Gasteiger partial charge in [-0.2, -0.15) is 0 Å². The van der Waals surface area contributed by atoms with Crippen molar-refractivity contribution in [3.8, 4) is 0 Å². The summed E-state index contributed by atoms with van der Waals surface area (Å²) >= 11 is 6.04. The number of hydrogen-bond acceptors (Lipinski definition) is 3. The van der Waals surface area contributed by atoms with E-state index in [4.69, 9.17) is 11.6 Å². The molecule has 1 amide bonds. The maximum Gasteiger partial charge on any atom is 0.235 e. The Bertz CT molecular complexity index is 1030. The van der Waals surface area contributed by atoms with Gasteiger partial charge in [0.05, 0.1) is 16.9 Å². The average Bonchev–Trinajstić information content (AvgIpc) is 3.31. The van der Waals surface area contributed by atoms with E-state index >= 15 is 0 Å². The number of carbonyl (C=O) groups excluding carboxylic acids is 1. The van der Waals surface area contributed by atoms with Crippen LogP contribution < -0.4 is 9.62 Å². The van der Waals surface area contributed by atoms with Crippen molar-refractivity contribution in [3.05, 3.63) is 58.6 Å². The lowest BCUT2D eigenvalue weighted by atomic mass is 9.78. The third-order valence-electron chi connectivity index (χ3n) is 6.15. The minimum absolute atomic E-state index is 0.0400. The fourth-order valence-corrected chi connectivity index (χ4v) is 6.15. The van der Waals surface area contributed by atoms with Crippen LogP contribution in [0.2, 0.25) is 5.02 Å². The molecule has 1 aliphatic heterocycles. The zero-order valence-electron chi connectivity index (χ0n) is 16.4. The minimum Gasteiger partial charge on any atom is -0.325 e. The highest BCUT2D eigenvalue weighted by atomic mass is 35.5. The predicted octanol–water partition coefficient (Wildman–Crippen LogP) is 4.64. The van der Waals surface area contributed by atoms with Crippen molar-refractivity contribution in [1.82, 2.24) is 0 Å². The summed E-state index contributed by atoms with van der Waals surface area (Å²) in [6, 6.07) is 13.0. The molecular formula is C22H25ClN2O3S. The molecule has 0 spiro atoms. The van der Waals surface area contributed by atoms with E-state index in [0.717, 1.165) is 36.8 Å². The fraction of sp³-hybridized carbons (Fsp3) is 0.409. The summed E-state index contributed by atoms with van der Waals surface area (Å²) in [5.74, 6) is 0.129. The zero-order valence-corrected chi connectivity index (χ0v) is 18.0. The maximum absolute atomic E-state index is 13.5. The van der Waals surface area contributed by atoms with Gasteiger partial charge in [0.1, 0.15) is 0 Å². The summed E-state index contributed by atoms with van der Waals surface area (Å²) in [6.07, 6.45) is 4.21. The minimum atomic E-state index is -3.26. The van der Waals surface area contributed by atoms with Gasteiger partial charge in [-0.3, -0.25) is 9.10 Å². The van der Waals surface area contributed by atoms with Gasteiger partial charge in [-0.25, -0.2) is 8.42 Å². The van der Waals surface area contributed by atoms with Gasteiger partial charge in [0.2, 0.25) is 15.9 Å². The van der Waals surface area contributed by atoms with Gasteiger partial charge in [0, 0.05) is 17.3 Å². The molecule has 1 heterocycles. The summed E-state index contributed by atoms with van der Waals surface area (Å²) < 4.78 is 26.0. The average molecular weight is 433 g/mol. The van der Waals surface area contributed by atoms with E-state index in [0.29, 0.717) is 29.4 Å². The molecule has 1 saturated heterocycles. The first-order valence-electron chi connectivity index (χ1n) is 10.0. The second kappa shape index (κ2) is 7.65. The lowest BCUT2D eigenvalue weighted by Crippen LogP contribution is -2.38. The summed E-state index contributed by atoms with van der Waals surface area (Å²) in [4.78, 5) is 13.5. The molecule has 2 aromatic rings. The maximum atomic E-state index is 13.5. The highest BCUT2D eigenvalue weighted by Crippen LogP contribution is 2.42. The van der Waals surface area contributed by atoms with Crippen LogP contribution in [0, 0.1) is 6.92 Å². The van der Waals surface area contributed by atoms with Crippen molar-refractivity contribution in [2.75, 3.05) is 21.9 Å². The SMILES string of the molecule is Cc1ccc(N2CCCS2(=O)=O)cc1NC(=O)C1(c2ccc(Cl)cc2)CCCC1. The quantitative estimate of drug-likeness (QED) is 0.765. The predicted molar refractivity (Wildman–Crippen MR) is 117 cm³/mol. The van der Waals surface area contributed by atoms with E-state index in [1.165, 1.54) is 4.31 Å². The van der Waals surface area contributed by atoms with Crippen molar-refractivity contribution < 1.29 is 13.2 Å². The van der Waals surface area contributed by atoms with Crippen molar-refractivity contribution in [2.24, 2.45) is 0 Å². The molecule has 4 rings (SSSR count). The number of nitrogens with one attached hydrogen (secondary N) is 1. The number of aryl methyl sites for hydroxylation is 1. The molecule has 2 aromatic carbocycles. The topological polar surface area (TPSA) is 66.5 Å². The Hall–Kier alpha value is -2.05. The first-order chi connectivity index (χ1) is 13.8. The van der Waals surface area contributed by atoms with Crippen LogP contribution in [0.15, 0.2) is 42.5 Å². The second-order valence-electron chi connectivity index (χ2n) is 7.99. The number of hydrogen-bond donors (Lipinski definition) is 1. The van der Waals surface area contributed by atoms with Crippen LogP contribution in [0.1, 0.15) is 43.2 Å². The molecule has 2 aliphatic rings. The zero-order chi connectivity index (χ0) is 20.6. The van der Waals surface area contributed by atoms with Crippen LogP contribution in [-0.2, 0) is 20.2 Å². The normalized spacial score (nSPS) is 20.0. The number of amides is 1. The van der Waals surface area contributed by atoms with Gasteiger partial charge in [0.25, 0.3) is 0 Å². The lowest BCUT2D eigenvalue weighted by Gasteiger charge is -2.29. The molecule has 29 heavy (non-hydrogen) atoms. The Kier molecular flexibility index (Phi) is 5.34. The Morgan fingerprint density at radius 1 is 1.07 bits per heavy atom. The lowest BCUT2D eigenvalue weighted by molar-refractivity contribution is -0.121. The molecule has 1 N–H and O–H groups in total. The highest BCUT2D eigenvalue weighted by Gasteiger charge is 2.42. The molecule has 0 bridgehead atoms. The number of rotatable bonds is 4. The van der Waals surface area contributed by atoms with Crippen LogP contribution in [0.4, 0.5) is 11.4 Å². The van der Waals surface area contributed by atoms with Gasteiger partial charge in [-0.15, -0.1) is 0 Å². The Labute approximate surface area is 177 Å². The van der Waals surface area contributed by atoms with Crippen LogP contribution in [-0.4, -0.2) is 26.6 Å². The van der Waals surface area contributed by atoms with Gasteiger partial charge in [0.15, 0.2) is 0 Å². The number of nitrogens with zero attached hydrogens (tertiary/aromatic N) is 1. The third-order valence-corrected chi connectivity index (χ3v) is 8.27. The molecule has 0 unspecified atom stereocenters. The summed E-state index contributed by atoms with van der Waals surface area (Å²) in [5.41, 5.74) is 2.58. The largest absolute Gasteiger partial charge is 0.325 e. The number of sulfonamides is 1. The van der Waals surface area contributed by atoms with Crippen LogP contribution in [0.3, 0.4) is 0 Å². The molecule has 2 fully saturated rings. The standard InChI is InChI=1S/C22H25ClN2O3S/c1-16-5-10-19(25-13-4-14-29(25,27)28)15-20(16)24-21(26)22(11-2-3-12-22)17-6-8-18(23)9-7-17/h5-10,15H,2-4,11-14H2,1H3,(H,24,26). The molecule has 0 radical (unpaired) electrons. The monoisotopic (exact) mass is 432 g/mol. The van der Waals surface area contributed by atoms with Gasteiger partial charge in [-0.1, -0.05) is 42.6 Å². The van der Waals surface area contributed by atoms with Crippen molar-refractivity contribution in [3.63, 3.8) is 0 Å². The van der Waals surface area contributed by atoms with Gasteiger partial charge in [-0.05, 0) is 61.6 Å². The van der Waals surface area contributed by atoms with E-state index in [2.05, 4.69) is 5.32 Å². The Morgan fingerprint density at radius 2 is 1.76 bits per heavy atom. The van der Waals surface area contributed by atoms with E-state index in [1.807, 2.05) is 37.3 Å². The van der Waals surface area contributed by atoms with Crippen molar-refractivity contribution >= 4 is 38.9 Å². The number of anilines is 2. The van der Waals surface area contributed by atoms with E-state index < -0.39 is 15.4 Å². The second-order valence-corrected chi connectivity index (χ2v) is 10.4. The first kappa shape index (κ1) is 20.2.